The van der Waals surface area contributed by atoms with E-state index in [0.29, 0.717) is 35.6 Å². The summed E-state index contributed by atoms with van der Waals surface area (Å²) < 4.78 is 44.1. The molecule has 28 heavy (non-hydrogen) atoms. The van der Waals surface area contributed by atoms with Gasteiger partial charge in [0.05, 0.1) is 24.1 Å². The lowest BCUT2D eigenvalue weighted by Crippen LogP contribution is -2.35. The van der Waals surface area contributed by atoms with Gasteiger partial charge in [0.25, 0.3) is 0 Å². The maximum atomic E-state index is 14.3. The molecule has 3 aromatic rings. The maximum absolute atomic E-state index is 14.3. The third kappa shape index (κ3) is 3.21. The highest BCUT2D eigenvalue weighted by molar-refractivity contribution is 7.89. The summed E-state index contributed by atoms with van der Waals surface area (Å²) in [6.45, 7) is 1.07. The van der Waals surface area contributed by atoms with Crippen LogP contribution in [0.4, 0.5) is 4.39 Å². The molecule has 0 amide bonds. The molecular formula is C19H20FN5O2S. The Hall–Kier alpha value is -2.62. The van der Waals surface area contributed by atoms with Gasteiger partial charge in [0.2, 0.25) is 10.0 Å². The number of benzene rings is 2. The quantitative estimate of drug-likeness (QED) is 0.670. The number of halogens is 1. The monoisotopic (exact) mass is 401 g/mol. The van der Waals surface area contributed by atoms with E-state index in [9.17, 15) is 12.8 Å². The van der Waals surface area contributed by atoms with Crippen molar-refractivity contribution in [1.82, 2.24) is 24.2 Å². The van der Waals surface area contributed by atoms with Crippen molar-refractivity contribution >= 4 is 10.0 Å². The van der Waals surface area contributed by atoms with E-state index >= 15 is 0 Å². The molecule has 0 radical (unpaired) electrons. The van der Waals surface area contributed by atoms with Crippen molar-refractivity contribution in [2.45, 2.75) is 11.4 Å². The predicted octanol–water partition coefficient (Wildman–Crippen LogP) is 2.14. The second-order valence-corrected chi connectivity index (χ2v) is 8.85. The highest BCUT2D eigenvalue weighted by Crippen LogP contribution is 2.33. The van der Waals surface area contributed by atoms with E-state index in [0.717, 1.165) is 0 Å². The van der Waals surface area contributed by atoms with Gasteiger partial charge >= 0.3 is 0 Å². The number of aromatic nitrogens is 3. The first-order chi connectivity index (χ1) is 13.4. The largest absolute Gasteiger partial charge is 0.308 e. The highest BCUT2D eigenvalue weighted by Gasteiger charge is 2.33. The zero-order valence-electron chi connectivity index (χ0n) is 15.6. The summed E-state index contributed by atoms with van der Waals surface area (Å²) >= 11 is 0. The molecule has 0 saturated heterocycles. The van der Waals surface area contributed by atoms with E-state index in [-0.39, 0.29) is 11.4 Å². The van der Waals surface area contributed by atoms with E-state index in [2.05, 4.69) is 10.3 Å². The minimum Gasteiger partial charge on any atom is -0.308 e. The van der Waals surface area contributed by atoms with Gasteiger partial charge in [0.15, 0.2) is 0 Å². The van der Waals surface area contributed by atoms with E-state index in [1.54, 1.807) is 36.5 Å². The van der Waals surface area contributed by atoms with Gasteiger partial charge in [0.1, 0.15) is 10.7 Å². The minimum absolute atomic E-state index is 0.0938. The molecule has 9 heteroatoms. The maximum Gasteiger partial charge on any atom is 0.245 e. The first kappa shape index (κ1) is 18.7. The van der Waals surface area contributed by atoms with Crippen LogP contribution in [-0.2, 0) is 16.6 Å². The zero-order chi connectivity index (χ0) is 19.9. The summed E-state index contributed by atoms with van der Waals surface area (Å²) in [5.41, 5.74) is 1.94. The molecule has 146 valence electrons. The molecule has 0 fully saturated rings. The zero-order valence-corrected chi connectivity index (χ0v) is 16.4. The van der Waals surface area contributed by atoms with Gasteiger partial charge in [0, 0.05) is 18.7 Å². The van der Waals surface area contributed by atoms with Crippen molar-refractivity contribution in [1.29, 1.82) is 0 Å². The standard InChI is InChI=1S/C19H20FN5O2S/c1-23(2)9-10-24-13-15-12-21-22-25(15)18-8-7-14(11-19(18)28(24,26)27)16-5-3-4-6-17(16)20/h3-8,11-12H,9-10,13H2,1-2H3. The van der Waals surface area contributed by atoms with Crippen molar-refractivity contribution in [3.05, 3.63) is 60.2 Å². The lowest BCUT2D eigenvalue weighted by Gasteiger charge is -2.22. The first-order valence-electron chi connectivity index (χ1n) is 8.82. The smallest absolute Gasteiger partial charge is 0.245 e. The Bertz CT molecular complexity index is 1130. The Morgan fingerprint density at radius 1 is 1.18 bits per heavy atom. The van der Waals surface area contributed by atoms with Gasteiger partial charge in [-0.05, 0) is 37.9 Å². The Kier molecular flexibility index (Phi) is 4.74. The van der Waals surface area contributed by atoms with Gasteiger partial charge in [-0.1, -0.05) is 29.5 Å². The second-order valence-electron chi connectivity index (χ2n) is 6.94. The summed E-state index contributed by atoms with van der Waals surface area (Å²) in [6.07, 6.45) is 1.57. The SMILES string of the molecule is CN(C)CCN1Cc2cnnn2-c2ccc(-c3ccccc3F)cc2S1(=O)=O. The van der Waals surface area contributed by atoms with E-state index in [1.807, 2.05) is 19.0 Å². The average Bonchev–Trinajstić information content (AvgIpc) is 3.10. The van der Waals surface area contributed by atoms with Gasteiger partial charge in [-0.15, -0.1) is 5.10 Å². The number of fused-ring (bicyclic) bond motifs is 3. The molecule has 2 heterocycles. The van der Waals surface area contributed by atoms with Gasteiger partial charge in [-0.2, -0.15) is 4.31 Å². The number of rotatable bonds is 4. The van der Waals surface area contributed by atoms with E-state index in [4.69, 9.17) is 0 Å². The number of hydrogen-bond donors (Lipinski definition) is 0. The summed E-state index contributed by atoms with van der Waals surface area (Å²) in [5.74, 6) is -0.403. The van der Waals surface area contributed by atoms with Crippen LogP contribution in [0.5, 0.6) is 0 Å². The van der Waals surface area contributed by atoms with Gasteiger partial charge < -0.3 is 4.90 Å². The first-order valence-corrected chi connectivity index (χ1v) is 10.3. The third-order valence-electron chi connectivity index (χ3n) is 4.75. The highest BCUT2D eigenvalue weighted by atomic mass is 32.2. The number of likely N-dealkylation sites (N-methyl/N-ethyl adjacent to an activating group) is 1. The predicted molar refractivity (Wildman–Crippen MR) is 103 cm³/mol. The Morgan fingerprint density at radius 3 is 2.71 bits per heavy atom. The van der Waals surface area contributed by atoms with Crippen molar-refractivity contribution < 1.29 is 12.8 Å². The van der Waals surface area contributed by atoms with Crippen molar-refractivity contribution in [3.8, 4) is 16.8 Å². The van der Waals surface area contributed by atoms with Gasteiger partial charge in [-0.3, -0.25) is 0 Å². The molecule has 0 atom stereocenters. The number of hydrogen-bond acceptors (Lipinski definition) is 5. The van der Waals surface area contributed by atoms with Crippen LogP contribution >= 0.6 is 0 Å². The topological polar surface area (TPSA) is 71.3 Å². The van der Waals surface area contributed by atoms with Crippen molar-refractivity contribution in [2.24, 2.45) is 0 Å². The average molecular weight is 401 g/mol. The summed E-state index contributed by atoms with van der Waals surface area (Å²) in [4.78, 5) is 2.02. The second kappa shape index (κ2) is 7.08. The van der Waals surface area contributed by atoms with Crippen LogP contribution in [0.25, 0.3) is 16.8 Å². The van der Waals surface area contributed by atoms with Crippen LogP contribution in [0, 0.1) is 5.82 Å². The summed E-state index contributed by atoms with van der Waals surface area (Å²) in [7, 11) is -0.0216. The molecule has 7 nitrogen and oxygen atoms in total. The Morgan fingerprint density at radius 2 is 1.96 bits per heavy atom. The minimum atomic E-state index is -3.80. The van der Waals surface area contributed by atoms with E-state index in [1.165, 1.54) is 21.1 Å². The molecule has 0 unspecified atom stereocenters. The van der Waals surface area contributed by atoms with Crippen molar-refractivity contribution in [3.63, 3.8) is 0 Å². The molecule has 0 N–H and O–H groups in total. The third-order valence-corrected chi connectivity index (χ3v) is 6.62. The molecule has 4 rings (SSSR count). The lowest BCUT2D eigenvalue weighted by molar-refractivity contribution is 0.328. The van der Waals surface area contributed by atoms with Crippen LogP contribution in [0.2, 0.25) is 0 Å². The molecule has 1 aliphatic rings. The molecule has 0 aliphatic carbocycles. The summed E-state index contributed by atoms with van der Waals surface area (Å²) in [6, 6.07) is 11.2. The fraction of sp³-hybridized carbons (Fsp3) is 0.263. The fourth-order valence-corrected chi connectivity index (χ4v) is 4.84. The Balaban J connectivity index is 1.89. The van der Waals surface area contributed by atoms with Crippen molar-refractivity contribution in [2.75, 3.05) is 27.2 Å². The number of nitrogens with zero attached hydrogens (tertiary/aromatic N) is 5. The molecule has 0 spiro atoms. The Labute approximate surface area is 163 Å². The fourth-order valence-electron chi connectivity index (χ4n) is 3.24. The van der Waals surface area contributed by atoms with Gasteiger partial charge in [-0.25, -0.2) is 17.5 Å². The molecular weight excluding hydrogens is 381 g/mol. The van der Waals surface area contributed by atoms with Crippen LogP contribution in [-0.4, -0.2) is 59.8 Å². The molecule has 0 saturated carbocycles. The normalized spacial score (nSPS) is 15.9. The van der Waals surface area contributed by atoms with Crippen LogP contribution in [0.15, 0.2) is 53.6 Å². The molecule has 1 aromatic heterocycles. The van der Waals surface area contributed by atoms with Crippen LogP contribution in [0.3, 0.4) is 0 Å². The van der Waals surface area contributed by atoms with Crippen LogP contribution < -0.4 is 0 Å². The molecule has 0 bridgehead atoms. The lowest BCUT2D eigenvalue weighted by atomic mass is 10.0. The molecule has 2 aromatic carbocycles. The van der Waals surface area contributed by atoms with E-state index < -0.39 is 15.8 Å². The van der Waals surface area contributed by atoms with Crippen LogP contribution in [0.1, 0.15) is 5.69 Å². The molecule has 1 aliphatic heterocycles. The summed E-state index contributed by atoms with van der Waals surface area (Å²) in [5, 5.41) is 8.00. The number of sulfonamides is 1.